The van der Waals surface area contributed by atoms with Crippen LogP contribution in [0.2, 0.25) is 0 Å². The van der Waals surface area contributed by atoms with Crippen LogP contribution in [0.4, 0.5) is 11.4 Å². The number of amides is 1. The maximum Gasteiger partial charge on any atom is 0.265 e. The summed E-state index contributed by atoms with van der Waals surface area (Å²) in [4.78, 5) is 12.9. The minimum absolute atomic E-state index is 0.180. The summed E-state index contributed by atoms with van der Waals surface area (Å²) in [7, 11) is -1.81. The lowest BCUT2D eigenvalue weighted by Crippen LogP contribution is -2.24. The number of hydrogen-bond donors (Lipinski definition) is 1. The fraction of sp³-hybridized carbons (Fsp3) is 0.118. The second-order valence-electron chi connectivity index (χ2n) is 5.38. The van der Waals surface area contributed by atoms with Crippen molar-refractivity contribution in [2.24, 2.45) is 0 Å². The van der Waals surface area contributed by atoms with Gasteiger partial charge in [0.2, 0.25) is 10.0 Å². The molecule has 0 fully saturated rings. The maximum absolute atomic E-state index is 12.4. The Morgan fingerprint density at radius 1 is 1.08 bits per heavy atom. The van der Waals surface area contributed by atoms with Gasteiger partial charge in [-0.3, -0.25) is 9.10 Å². The Morgan fingerprint density at radius 3 is 2.46 bits per heavy atom. The second kappa shape index (κ2) is 6.26. The highest BCUT2D eigenvalue weighted by atomic mass is 32.2. The zero-order valence-electron chi connectivity index (χ0n) is 13.2. The van der Waals surface area contributed by atoms with Crippen molar-refractivity contribution in [3.05, 3.63) is 59.5 Å². The van der Waals surface area contributed by atoms with Crippen molar-refractivity contribution >= 4 is 48.7 Å². The van der Waals surface area contributed by atoms with E-state index in [4.69, 9.17) is 0 Å². The number of carbonyl (C=O) groups is 1. The van der Waals surface area contributed by atoms with Crippen LogP contribution in [-0.4, -0.2) is 27.6 Å². The first-order valence-corrected chi connectivity index (χ1v) is 9.85. The molecule has 0 radical (unpaired) electrons. The molecule has 1 N–H and O–H groups in total. The van der Waals surface area contributed by atoms with Crippen LogP contribution in [0, 0.1) is 0 Å². The monoisotopic (exact) mass is 360 g/mol. The van der Waals surface area contributed by atoms with Gasteiger partial charge < -0.3 is 5.32 Å². The number of nitrogens with zero attached hydrogens (tertiary/aromatic N) is 1. The van der Waals surface area contributed by atoms with Gasteiger partial charge in [-0.2, -0.15) is 0 Å². The van der Waals surface area contributed by atoms with Gasteiger partial charge in [0.1, 0.15) is 0 Å². The molecule has 7 heteroatoms. The number of hydrogen-bond acceptors (Lipinski definition) is 4. The van der Waals surface area contributed by atoms with Gasteiger partial charge >= 0.3 is 0 Å². The van der Waals surface area contributed by atoms with Gasteiger partial charge in [-0.15, -0.1) is 11.3 Å². The largest absolute Gasteiger partial charge is 0.321 e. The first-order chi connectivity index (χ1) is 11.3. The molecule has 2 aromatic carbocycles. The molecule has 0 aliphatic rings. The molecule has 3 aromatic rings. The zero-order valence-corrected chi connectivity index (χ0v) is 14.8. The standard InChI is InChI=1S/C17H16N2O3S2/c1-19(24(2,21)22)14-8-9-15-12(10-14)11-16(23-15)17(20)18-13-6-4-3-5-7-13/h3-11H,1-2H3,(H,18,20). The van der Waals surface area contributed by atoms with E-state index in [1.54, 1.807) is 18.2 Å². The fourth-order valence-electron chi connectivity index (χ4n) is 2.24. The van der Waals surface area contributed by atoms with Crippen molar-refractivity contribution in [3.8, 4) is 0 Å². The van der Waals surface area contributed by atoms with Crippen molar-refractivity contribution in [1.29, 1.82) is 0 Å². The molecule has 24 heavy (non-hydrogen) atoms. The second-order valence-corrected chi connectivity index (χ2v) is 8.48. The van der Waals surface area contributed by atoms with Crippen LogP contribution in [0.3, 0.4) is 0 Å². The van der Waals surface area contributed by atoms with E-state index >= 15 is 0 Å². The summed E-state index contributed by atoms with van der Waals surface area (Å²) in [6.07, 6.45) is 1.16. The van der Waals surface area contributed by atoms with Crippen molar-refractivity contribution < 1.29 is 13.2 Å². The first kappa shape index (κ1) is 16.5. The van der Waals surface area contributed by atoms with Crippen molar-refractivity contribution in [2.45, 2.75) is 0 Å². The number of benzene rings is 2. The lowest BCUT2D eigenvalue weighted by molar-refractivity contribution is 0.103. The normalized spacial score (nSPS) is 11.4. The summed E-state index contributed by atoms with van der Waals surface area (Å²) < 4.78 is 25.4. The SMILES string of the molecule is CN(c1ccc2sc(C(=O)Nc3ccccc3)cc2c1)S(C)(=O)=O. The van der Waals surface area contributed by atoms with Crippen molar-refractivity contribution in [1.82, 2.24) is 0 Å². The Hall–Kier alpha value is -2.38. The highest BCUT2D eigenvalue weighted by Crippen LogP contribution is 2.30. The summed E-state index contributed by atoms with van der Waals surface area (Å²) >= 11 is 1.37. The summed E-state index contributed by atoms with van der Waals surface area (Å²) in [5.41, 5.74) is 1.30. The quantitative estimate of drug-likeness (QED) is 0.774. The van der Waals surface area contributed by atoms with E-state index in [2.05, 4.69) is 5.32 Å². The van der Waals surface area contributed by atoms with E-state index in [0.717, 1.165) is 22.0 Å². The number of carbonyl (C=O) groups excluding carboxylic acids is 1. The molecule has 3 rings (SSSR count). The third-order valence-electron chi connectivity index (χ3n) is 3.62. The van der Waals surface area contributed by atoms with Crippen LogP contribution in [0.25, 0.3) is 10.1 Å². The van der Waals surface area contributed by atoms with Crippen LogP contribution in [-0.2, 0) is 10.0 Å². The topological polar surface area (TPSA) is 66.5 Å². The Bertz CT molecular complexity index is 995. The van der Waals surface area contributed by atoms with E-state index in [1.165, 1.54) is 22.7 Å². The average Bonchev–Trinajstić information content (AvgIpc) is 2.97. The number of thiophene rings is 1. The molecule has 0 bridgehead atoms. The molecule has 124 valence electrons. The molecule has 5 nitrogen and oxygen atoms in total. The molecule has 0 saturated heterocycles. The first-order valence-electron chi connectivity index (χ1n) is 7.18. The van der Waals surface area contributed by atoms with E-state index < -0.39 is 10.0 Å². The number of sulfonamides is 1. The summed E-state index contributed by atoms with van der Waals surface area (Å²) in [5, 5.41) is 3.69. The minimum atomic E-state index is -3.32. The van der Waals surface area contributed by atoms with Gasteiger partial charge in [0.15, 0.2) is 0 Å². The van der Waals surface area contributed by atoms with Crippen LogP contribution in [0.1, 0.15) is 9.67 Å². The van der Waals surface area contributed by atoms with Crippen LogP contribution >= 0.6 is 11.3 Å². The van der Waals surface area contributed by atoms with E-state index in [-0.39, 0.29) is 5.91 Å². The van der Waals surface area contributed by atoms with Gasteiger partial charge in [0.25, 0.3) is 5.91 Å². The lowest BCUT2D eigenvalue weighted by Gasteiger charge is -2.16. The smallest absolute Gasteiger partial charge is 0.265 e. The third kappa shape index (κ3) is 3.42. The molecule has 0 aliphatic heterocycles. The molecule has 0 saturated carbocycles. The minimum Gasteiger partial charge on any atom is -0.321 e. The van der Waals surface area contributed by atoms with Gasteiger partial charge in [-0.05, 0) is 41.8 Å². The number of nitrogens with one attached hydrogen (secondary N) is 1. The highest BCUT2D eigenvalue weighted by molar-refractivity contribution is 7.92. The molecular formula is C17H16N2O3S2. The molecule has 0 spiro atoms. The van der Waals surface area contributed by atoms with Gasteiger partial charge in [0.05, 0.1) is 16.8 Å². The van der Waals surface area contributed by atoms with Crippen LogP contribution < -0.4 is 9.62 Å². The number of fused-ring (bicyclic) bond motifs is 1. The van der Waals surface area contributed by atoms with Crippen molar-refractivity contribution in [2.75, 3.05) is 22.9 Å². The number of para-hydroxylation sites is 1. The fourth-order valence-corrected chi connectivity index (χ4v) is 3.68. The van der Waals surface area contributed by atoms with Crippen LogP contribution in [0.15, 0.2) is 54.6 Å². The lowest BCUT2D eigenvalue weighted by atomic mass is 10.2. The van der Waals surface area contributed by atoms with Gasteiger partial charge in [-0.25, -0.2) is 8.42 Å². The van der Waals surface area contributed by atoms with E-state index in [0.29, 0.717) is 10.6 Å². The summed E-state index contributed by atoms with van der Waals surface area (Å²) in [5.74, 6) is -0.180. The molecule has 1 amide bonds. The average molecular weight is 360 g/mol. The van der Waals surface area contributed by atoms with Crippen molar-refractivity contribution in [3.63, 3.8) is 0 Å². The predicted molar refractivity (Wildman–Crippen MR) is 99.5 cm³/mol. The van der Waals surface area contributed by atoms with Gasteiger partial charge in [-0.1, -0.05) is 18.2 Å². The molecule has 1 heterocycles. The van der Waals surface area contributed by atoms with E-state index in [9.17, 15) is 13.2 Å². The van der Waals surface area contributed by atoms with Crippen LogP contribution in [0.5, 0.6) is 0 Å². The van der Waals surface area contributed by atoms with Gasteiger partial charge in [0, 0.05) is 17.4 Å². The molecule has 0 atom stereocenters. The van der Waals surface area contributed by atoms with E-state index in [1.807, 2.05) is 36.4 Å². The Labute approximate surface area is 144 Å². The number of anilines is 2. The summed E-state index contributed by atoms with van der Waals surface area (Å²) in [6.45, 7) is 0. The molecule has 0 unspecified atom stereocenters. The Morgan fingerprint density at radius 2 is 1.79 bits per heavy atom. The predicted octanol–water partition coefficient (Wildman–Crippen LogP) is 3.55. The summed E-state index contributed by atoms with van der Waals surface area (Å²) in [6, 6.07) is 16.4. The Balaban J connectivity index is 1.90. The molecular weight excluding hydrogens is 344 g/mol. The zero-order chi connectivity index (χ0) is 17.3. The number of rotatable bonds is 4. The Kier molecular flexibility index (Phi) is 4.29. The third-order valence-corrected chi connectivity index (χ3v) is 5.94. The highest BCUT2D eigenvalue weighted by Gasteiger charge is 2.15. The molecule has 0 aliphatic carbocycles. The maximum atomic E-state index is 12.4. The molecule has 1 aromatic heterocycles.